The molecule has 0 unspecified atom stereocenters. The van der Waals surface area contributed by atoms with Gasteiger partial charge in [0, 0.05) is 0 Å². The molecule has 0 saturated carbocycles. The Labute approximate surface area is 98.5 Å². The van der Waals surface area contributed by atoms with Crippen LogP contribution in [0, 0.1) is 12.7 Å². The van der Waals surface area contributed by atoms with Crippen molar-refractivity contribution in [3.63, 3.8) is 0 Å². The molecule has 1 aromatic rings. The lowest BCUT2D eigenvalue weighted by Gasteiger charge is -2.13. The first-order valence-electron chi connectivity index (χ1n) is 5.26. The van der Waals surface area contributed by atoms with Gasteiger partial charge in [0.1, 0.15) is 11.9 Å². The Morgan fingerprint density at radius 3 is 2.65 bits per heavy atom. The molecule has 0 aliphatic rings. The van der Waals surface area contributed by atoms with Gasteiger partial charge in [0.25, 0.3) is 5.91 Å². The van der Waals surface area contributed by atoms with Crippen LogP contribution in [-0.2, 0) is 4.79 Å². The van der Waals surface area contributed by atoms with Crippen LogP contribution in [-0.4, -0.2) is 23.0 Å². The van der Waals surface area contributed by atoms with E-state index in [4.69, 9.17) is 5.11 Å². The van der Waals surface area contributed by atoms with E-state index in [9.17, 15) is 14.0 Å². The minimum absolute atomic E-state index is 0.135. The lowest BCUT2D eigenvalue weighted by Crippen LogP contribution is -2.40. The van der Waals surface area contributed by atoms with E-state index in [1.54, 1.807) is 26.0 Å². The second kappa shape index (κ2) is 5.43. The lowest BCUT2D eigenvalue weighted by atomic mass is 10.1. The first-order chi connectivity index (χ1) is 7.97. The highest BCUT2D eigenvalue weighted by atomic mass is 19.1. The number of hydrogen-bond donors (Lipinski definition) is 2. The highest BCUT2D eigenvalue weighted by Gasteiger charge is 2.20. The van der Waals surface area contributed by atoms with E-state index in [2.05, 4.69) is 5.32 Å². The third-order valence-electron chi connectivity index (χ3n) is 2.45. The van der Waals surface area contributed by atoms with E-state index in [1.165, 1.54) is 6.07 Å². The largest absolute Gasteiger partial charge is 0.480 e. The minimum Gasteiger partial charge on any atom is -0.480 e. The summed E-state index contributed by atoms with van der Waals surface area (Å²) in [6.45, 7) is 3.17. The second-order valence-corrected chi connectivity index (χ2v) is 3.71. The predicted molar refractivity (Wildman–Crippen MR) is 60.3 cm³/mol. The molecule has 0 aliphatic carbocycles. The van der Waals surface area contributed by atoms with E-state index in [-0.39, 0.29) is 12.0 Å². The first kappa shape index (κ1) is 13.2. The number of halogens is 1. The molecule has 0 saturated heterocycles. The fourth-order valence-electron chi connectivity index (χ4n) is 1.40. The fraction of sp³-hybridized carbons (Fsp3) is 0.333. The molecular weight excluding hydrogens is 225 g/mol. The van der Waals surface area contributed by atoms with Crippen LogP contribution in [0.5, 0.6) is 0 Å². The van der Waals surface area contributed by atoms with Crippen molar-refractivity contribution in [3.8, 4) is 0 Å². The van der Waals surface area contributed by atoms with Gasteiger partial charge in [0.2, 0.25) is 0 Å². The number of rotatable bonds is 4. The Bertz CT molecular complexity index is 445. The third kappa shape index (κ3) is 3.03. The molecule has 0 aliphatic heterocycles. The summed E-state index contributed by atoms with van der Waals surface area (Å²) < 4.78 is 13.6. The molecule has 0 radical (unpaired) electrons. The highest BCUT2D eigenvalue weighted by molar-refractivity contribution is 5.96. The van der Waals surface area contributed by atoms with Crippen LogP contribution < -0.4 is 5.32 Å². The summed E-state index contributed by atoms with van der Waals surface area (Å²) in [6.07, 6.45) is 0.245. The highest BCUT2D eigenvalue weighted by Crippen LogP contribution is 2.12. The summed E-state index contributed by atoms with van der Waals surface area (Å²) in [5.41, 5.74) is 0.214. The summed E-state index contributed by atoms with van der Waals surface area (Å²) in [6, 6.07) is 3.42. The number of carbonyl (C=O) groups is 2. The third-order valence-corrected chi connectivity index (χ3v) is 2.45. The molecular formula is C12H14FNO3. The molecule has 1 rings (SSSR count). The van der Waals surface area contributed by atoms with Crippen LogP contribution in [0.1, 0.15) is 29.3 Å². The van der Waals surface area contributed by atoms with Crippen molar-refractivity contribution in [1.82, 2.24) is 5.32 Å². The van der Waals surface area contributed by atoms with Gasteiger partial charge in [-0.05, 0) is 25.0 Å². The van der Waals surface area contributed by atoms with Gasteiger partial charge in [-0.1, -0.05) is 19.1 Å². The SMILES string of the molecule is CC[C@H](NC(=O)c1cccc(C)c1F)C(=O)O. The lowest BCUT2D eigenvalue weighted by molar-refractivity contribution is -0.139. The van der Waals surface area contributed by atoms with Gasteiger partial charge in [-0.3, -0.25) is 4.79 Å². The zero-order valence-electron chi connectivity index (χ0n) is 9.66. The van der Waals surface area contributed by atoms with Crippen LogP contribution in [0.15, 0.2) is 18.2 Å². The Morgan fingerprint density at radius 1 is 1.47 bits per heavy atom. The number of benzene rings is 1. The first-order valence-corrected chi connectivity index (χ1v) is 5.26. The Morgan fingerprint density at radius 2 is 2.12 bits per heavy atom. The quantitative estimate of drug-likeness (QED) is 0.840. The zero-order chi connectivity index (χ0) is 13.0. The van der Waals surface area contributed by atoms with Crippen molar-refractivity contribution in [2.24, 2.45) is 0 Å². The van der Waals surface area contributed by atoms with Crippen LogP contribution in [0.25, 0.3) is 0 Å². The average Bonchev–Trinajstić information content (AvgIpc) is 2.28. The number of carboxylic acid groups (broad SMARTS) is 1. The number of hydrogen-bond acceptors (Lipinski definition) is 2. The summed E-state index contributed by atoms with van der Waals surface area (Å²) in [4.78, 5) is 22.4. The molecule has 4 nitrogen and oxygen atoms in total. The molecule has 92 valence electrons. The predicted octanol–water partition coefficient (Wildman–Crippen LogP) is 1.73. The zero-order valence-corrected chi connectivity index (χ0v) is 9.66. The van der Waals surface area contributed by atoms with E-state index in [0.717, 1.165) is 0 Å². The van der Waals surface area contributed by atoms with Crippen LogP contribution in [0.4, 0.5) is 4.39 Å². The van der Waals surface area contributed by atoms with Crippen LogP contribution in [0.2, 0.25) is 0 Å². The molecule has 0 aromatic heterocycles. The van der Waals surface area contributed by atoms with Crippen molar-refractivity contribution >= 4 is 11.9 Å². The van der Waals surface area contributed by atoms with Gasteiger partial charge in [0.15, 0.2) is 0 Å². The fourth-order valence-corrected chi connectivity index (χ4v) is 1.40. The van der Waals surface area contributed by atoms with Crippen molar-refractivity contribution in [2.75, 3.05) is 0 Å². The van der Waals surface area contributed by atoms with Crippen molar-refractivity contribution < 1.29 is 19.1 Å². The van der Waals surface area contributed by atoms with Gasteiger partial charge in [0.05, 0.1) is 5.56 Å². The smallest absolute Gasteiger partial charge is 0.326 e. The summed E-state index contributed by atoms with van der Waals surface area (Å²) in [5, 5.41) is 11.1. The molecule has 1 atom stereocenters. The van der Waals surface area contributed by atoms with E-state index < -0.39 is 23.7 Å². The topological polar surface area (TPSA) is 66.4 Å². The van der Waals surface area contributed by atoms with Gasteiger partial charge < -0.3 is 10.4 Å². The van der Waals surface area contributed by atoms with Gasteiger partial charge in [-0.15, -0.1) is 0 Å². The van der Waals surface area contributed by atoms with Crippen molar-refractivity contribution in [2.45, 2.75) is 26.3 Å². The minimum atomic E-state index is -1.13. The van der Waals surface area contributed by atoms with E-state index in [1.807, 2.05) is 0 Å². The number of amides is 1. The number of aliphatic carboxylic acids is 1. The van der Waals surface area contributed by atoms with Crippen molar-refractivity contribution in [1.29, 1.82) is 0 Å². The Hall–Kier alpha value is -1.91. The molecule has 1 amide bonds. The average molecular weight is 239 g/mol. The maximum Gasteiger partial charge on any atom is 0.326 e. The molecule has 0 heterocycles. The molecule has 0 fully saturated rings. The standard InChI is InChI=1S/C12H14FNO3/c1-3-9(12(16)17)14-11(15)8-6-4-5-7(2)10(8)13/h4-6,9H,3H2,1-2H3,(H,14,15)(H,16,17)/t9-/m0/s1. The molecule has 0 spiro atoms. The van der Waals surface area contributed by atoms with Gasteiger partial charge in [-0.25, -0.2) is 9.18 Å². The van der Waals surface area contributed by atoms with Gasteiger partial charge >= 0.3 is 5.97 Å². The second-order valence-electron chi connectivity index (χ2n) is 3.71. The maximum atomic E-state index is 13.6. The number of aryl methyl sites for hydroxylation is 1. The Kier molecular flexibility index (Phi) is 4.20. The summed E-state index contributed by atoms with van der Waals surface area (Å²) in [7, 11) is 0. The van der Waals surface area contributed by atoms with Gasteiger partial charge in [-0.2, -0.15) is 0 Å². The number of nitrogens with one attached hydrogen (secondary N) is 1. The van der Waals surface area contributed by atoms with Crippen LogP contribution >= 0.6 is 0 Å². The molecule has 1 aromatic carbocycles. The number of carboxylic acids is 1. The monoisotopic (exact) mass is 239 g/mol. The molecule has 0 bridgehead atoms. The Balaban J connectivity index is 2.90. The normalized spacial score (nSPS) is 11.9. The maximum absolute atomic E-state index is 13.6. The number of carbonyl (C=O) groups excluding carboxylic acids is 1. The molecule has 2 N–H and O–H groups in total. The van der Waals surface area contributed by atoms with E-state index in [0.29, 0.717) is 5.56 Å². The van der Waals surface area contributed by atoms with Crippen molar-refractivity contribution in [3.05, 3.63) is 35.1 Å². The van der Waals surface area contributed by atoms with Crippen LogP contribution in [0.3, 0.4) is 0 Å². The van der Waals surface area contributed by atoms with E-state index >= 15 is 0 Å². The summed E-state index contributed by atoms with van der Waals surface area (Å²) in [5.74, 6) is -2.46. The molecule has 17 heavy (non-hydrogen) atoms. The molecule has 5 heteroatoms. The summed E-state index contributed by atoms with van der Waals surface area (Å²) >= 11 is 0.